The van der Waals surface area contributed by atoms with E-state index in [2.05, 4.69) is 47.8 Å². The van der Waals surface area contributed by atoms with E-state index in [1.54, 1.807) is 0 Å². The highest BCUT2D eigenvalue weighted by atomic mass is 15.3. The minimum atomic E-state index is 0.206. The number of rotatable bonds is 6. The third kappa shape index (κ3) is 3.30. The van der Waals surface area contributed by atoms with Crippen LogP contribution in [0.5, 0.6) is 0 Å². The Morgan fingerprint density at radius 1 is 1.25 bits per heavy atom. The molecule has 0 atom stereocenters. The molecule has 0 bridgehead atoms. The van der Waals surface area contributed by atoms with Crippen LogP contribution in [0, 0.1) is 5.41 Å². The Hall–Kier alpha value is -0.900. The molecule has 0 aliphatic heterocycles. The van der Waals surface area contributed by atoms with Crippen molar-refractivity contribution in [1.82, 2.24) is 20.1 Å². The Morgan fingerprint density at radius 3 is 2.44 bits per heavy atom. The first kappa shape index (κ1) is 13.2. The molecule has 0 amide bonds. The van der Waals surface area contributed by atoms with Crippen molar-refractivity contribution >= 4 is 0 Å². The van der Waals surface area contributed by atoms with Gasteiger partial charge >= 0.3 is 0 Å². The molecule has 1 N–H and O–H groups in total. The highest BCUT2D eigenvalue weighted by Crippen LogP contribution is 2.17. The summed E-state index contributed by atoms with van der Waals surface area (Å²) < 4.78 is 2.07. The Balaban J connectivity index is 2.82. The summed E-state index contributed by atoms with van der Waals surface area (Å²) in [6.45, 7) is 10.6. The molecule has 0 unspecified atom stereocenters. The average Bonchev–Trinajstić information content (AvgIpc) is 2.59. The average molecular weight is 224 g/mol. The van der Waals surface area contributed by atoms with Crippen LogP contribution < -0.4 is 5.32 Å². The fourth-order valence-electron chi connectivity index (χ4n) is 1.90. The van der Waals surface area contributed by atoms with Crippen LogP contribution in [0.3, 0.4) is 0 Å². The number of aromatic nitrogens is 3. The number of nitrogens with zero attached hydrogens (tertiary/aromatic N) is 3. The van der Waals surface area contributed by atoms with Crippen LogP contribution >= 0.6 is 0 Å². The van der Waals surface area contributed by atoms with Gasteiger partial charge < -0.3 is 5.32 Å². The predicted octanol–water partition coefficient (Wildman–Crippen LogP) is 1.65. The lowest BCUT2D eigenvalue weighted by Crippen LogP contribution is -2.32. The SMILES string of the molecule is CCc1nc(CC)n(CC(C)(C)CNC)n1. The number of hydrogen-bond donors (Lipinski definition) is 1. The second-order valence-corrected chi connectivity index (χ2v) is 5.00. The van der Waals surface area contributed by atoms with Crippen molar-refractivity contribution in [2.24, 2.45) is 5.41 Å². The molecule has 1 heterocycles. The van der Waals surface area contributed by atoms with Gasteiger partial charge in [-0.05, 0) is 12.5 Å². The lowest BCUT2D eigenvalue weighted by molar-refractivity contribution is 0.278. The minimum absolute atomic E-state index is 0.206. The molecule has 0 saturated carbocycles. The summed E-state index contributed by atoms with van der Waals surface area (Å²) >= 11 is 0. The van der Waals surface area contributed by atoms with E-state index in [9.17, 15) is 0 Å². The molecule has 0 aliphatic carbocycles. The third-order valence-electron chi connectivity index (χ3n) is 2.66. The van der Waals surface area contributed by atoms with Gasteiger partial charge in [0.05, 0.1) is 0 Å². The third-order valence-corrected chi connectivity index (χ3v) is 2.66. The standard InChI is InChI=1S/C12H24N4/c1-6-10-14-11(7-2)16(15-10)9-12(3,4)8-13-5/h13H,6-9H2,1-5H3. The van der Waals surface area contributed by atoms with E-state index in [0.29, 0.717) is 0 Å². The summed E-state index contributed by atoms with van der Waals surface area (Å²) in [4.78, 5) is 4.52. The summed E-state index contributed by atoms with van der Waals surface area (Å²) in [5.74, 6) is 2.05. The van der Waals surface area contributed by atoms with Gasteiger partial charge in [0.1, 0.15) is 5.82 Å². The number of hydrogen-bond acceptors (Lipinski definition) is 3. The van der Waals surface area contributed by atoms with Gasteiger partial charge in [-0.3, -0.25) is 0 Å². The monoisotopic (exact) mass is 224 g/mol. The second-order valence-electron chi connectivity index (χ2n) is 5.00. The lowest BCUT2D eigenvalue weighted by Gasteiger charge is -2.24. The van der Waals surface area contributed by atoms with Crippen LogP contribution in [0.2, 0.25) is 0 Å². The zero-order chi connectivity index (χ0) is 12.2. The molecule has 0 aromatic carbocycles. The van der Waals surface area contributed by atoms with Gasteiger partial charge in [-0.25, -0.2) is 9.67 Å². The smallest absolute Gasteiger partial charge is 0.150 e. The van der Waals surface area contributed by atoms with Gasteiger partial charge in [-0.1, -0.05) is 27.7 Å². The Bertz CT molecular complexity index is 328. The molecule has 1 rings (SSSR count). The van der Waals surface area contributed by atoms with Crippen molar-refractivity contribution < 1.29 is 0 Å². The highest BCUT2D eigenvalue weighted by Gasteiger charge is 2.20. The van der Waals surface area contributed by atoms with E-state index in [1.165, 1.54) is 0 Å². The molecule has 92 valence electrons. The Morgan fingerprint density at radius 2 is 1.94 bits per heavy atom. The number of nitrogens with one attached hydrogen (secondary N) is 1. The van der Waals surface area contributed by atoms with E-state index in [1.807, 2.05) is 7.05 Å². The van der Waals surface area contributed by atoms with Gasteiger partial charge in [0, 0.05) is 25.9 Å². The van der Waals surface area contributed by atoms with Crippen molar-refractivity contribution in [2.75, 3.05) is 13.6 Å². The van der Waals surface area contributed by atoms with Gasteiger partial charge in [-0.15, -0.1) is 0 Å². The molecule has 4 heteroatoms. The number of aryl methyl sites for hydroxylation is 2. The Labute approximate surface area is 98.5 Å². The highest BCUT2D eigenvalue weighted by molar-refractivity contribution is 4.93. The predicted molar refractivity (Wildman–Crippen MR) is 66.5 cm³/mol. The fraction of sp³-hybridized carbons (Fsp3) is 0.833. The first-order valence-electron chi connectivity index (χ1n) is 6.09. The lowest BCUT2D eigenvalue weighted by atomic mass is 9.93. The van der Waals surface area contributed by atoms with Crippen molar-refractivity contribution in [3.05, 3.63) is 11.6 Å². The van der Waals surface area contributed by atoms with Crippen LogP contribution in [-0.4, -0.2) is 28.4 Å². The molecule has 0 aliphatic rings. The topological polar surface area (TPSA) is 42.7 Å². The molecular weight excluding hydrogens is 200 g/mol. The van der Waals surface area contributed by atoms with Crippen molar-refractivity contribution in [1.29, 1.82) is 0 Å². The Kier molecular flexibility index (Phi) is 4.47. The van der Waals surface area contributed by atoms with Crippen molar-refractivity contribution in [3.8, 4) is 0 Å². The molecule has 1 aromatic heterocycles. The molecule has 0 spiro atoms. The van der Waals surface area contributed by atoms with Crippen molar-refractivity contribution in [2.45, 2.75) is 47.1 Å². The van der Waals surface area contributed by atoms with Gasteiger partial charge in [0.15, 0.2) is 5.82 Å². The van der Waals surface area contributed by atoms with Crippen LogP contribution in [0.1, 0.15) is 39.3 Å². The summed E-state index contributed by atoms with van der Waals surface area (Å²) in [7, 11) is 1.99. The van der Waals surface area contributed by atoms with E-state index in [0.717, 1.165) is 37.6 Å². The summed E-state index contributed by atoms with van der Waals surface area (Å²) in [5, 5.41) is 7.77. The quantitative estimate of drug-likeness (QED) is 0.799. The van der Waals surface area contributed by atoms with Gasteiger partial charge in [-0.2, -0.15) is 5.10 Å². The zero-order valence-corrected chi connectivity index (χ0v) is 11.2. The van der Waals surface area contributed by atoms with E-state index < -0.39 is 0 Å². The second kappa shape index (κ2) is 5.43. The maximum atomic E-state index is 4.54. The minimum Gasteiger partial charge on any atom is -0.319 e. The summed E-state index contributed by atoms with van der Waals surface area (Å²) in [5.41, 5.74) is 0.206. The molecule has 4 nitrogen and oxygen atoms in total. The van der Waals surface area contributed by atoms with Gasteiger partial charge in [0.25, 0.3) is 0 Å². The normalized spacial score (nSPS) is 12.1. The van der Waals surface area contributed by atoms with Crippen LogP contribution in [0.15, 0.2) is 0 Å². The molecule has 1 aromatic rings. The molecule has 16 heavy (non-hydrogen) atoms. The maximum absolute atomic E-state index is 4.54. The summed E-state index contributed by atoms with van der Waals surface area (Å²) in [6.07, 6.45) is 1.86. The van der Waals surface area contributed by atoms with E-state index >= 15 is 0 Å². The molecule has 0 radical (unpaired) electrons. The summed E-state index contributed by atoms with van der Waals surface area (Å²) in [6, 6.07) is 0. The van der Waals surface area contributed by atoms with E-state index in [4.69, 9.17) is 0 Å². The fourth-order valence-corrected chi connectivity index (χ4v) is 1.90. The van der Waals surface area contributed by atoms with Crippen LogP contribution in [0.4, 0.5) is 0 Å². The zero-order valence-electron chi connectivity index (χ0n) is 11.2. The van der Waals surface area contributed by atoms with Crippen LogP contribution in [-0.2, 0) is 19.4 Å². The maximum Gasteiger partial charge on any atom is 0.150 e. The van der Waals surface area contributed by atoms with Gasteiger partial charge in [0.2, 0.25) is 0 Å². The largest absolute Gasteiger partial charge is 0.319 e. The molecule has 0 fully saturated rings. The first-order valence-corrected chi connectivity index (χ1v) is 6.09. The molecular formula is C12H24N4. The van der Waals surface area contributed by atoms with Crippen molar-refractivity contribution in [3.63, 3.8) is 0 Å². The first-order chi connectivity index (χ1) is 7.52. The van der Waals surface area contributed by atoms with Crippen LogP contribution in [0.25, 0.3) is 0 Å². The molecule has 0 saturated heterocycles. The van der Waals surface area contributed by atoms with E-state index in [-0.39, 0.29) is 5.41 Å².